The fourth-order valence-corrected chi connectivity index (χ4v) is 3.77. The molecule has 1 saturated carbocycles. The van der Waals surface area contributed by atoms with Gasteiger partial charge in [-0.3, -0.25) is 4.79 Å². The number of piperidine rings is 1. The molecule has 8 heteroatoms. The summed E-state index contributed by atoms with van der Waals surface area (Å²) < 4.78 is 0. The van der Waals surface area contributed by atoms with Gasteiger partial charge in [0.25, 0.3) is 0 Å². The fraction of sp³-hybridized carbons (Fsp3) is 0.733. The van der Waals surface area contributed by atoms with Crippen molar-refractivity contribution in [1.29, 1.82) is 0 Å². The summed E-state index contributed by atoms with van der Waals surface area (Å²) in [6.07, 6.45) is 7.45. The number of hydrogen-bond donors (Lipinski definition) is 2. The third-order valence-corrected chi connectivity index (χ3v) is 5.21. The molecule has 1 aromatic heterocycles. The molecule has 1 atom stereocenters. The van der Waals surface area contributed by atoms with Crippen molar-refractivity contribution in [1.82, 2.24) is 20.4 Å². The van der Waals surface area contributed by atoms with Gasteiger partial charge in [0.2, 0.25) is 11.0 Å². The first-order valence-corrected chi connectivity index (χ1v) is 9.23. The van der Waals surface area contributed by atoms with Crippen LogP contribution in [0.1, 0.15) is 44.9 Å². The number of anilines is 1. The number of hydrogen-bond acceptors (Lipinski definition) is 5. The van der Waals surface area contributed by atoms with E-state index in [-0.39, 0.29) is 17.9 Å². The summed E-state index contributed by atoms with van der Waals surface area (Å²) in [5.41, 5.74) is 1.58. The first-order valence-electron chi connectivity index (χ1n) is 8.35. The van der Waals surface area contributed by atoms with Gasteiger partial charge in [0.05, 0.1) is 5.92 Å². The van der Waals surface area contributed by atoms with Gasteiger partial charge in [-0.25, -0.2) is 4.79 Å². The Morgan fingerprint density at radius 2 is 2.00 bits per heavy atom. The molecule has 2 aliphatic rings. The number of likely N-dealkylation sites (tertiary alicyclic amines) is 1. The van der Waals surface area contributed by atoms with Crippen LogP contribution in [0.5, 0.6) is 0 Å². The van der Waals surface area contributed by atoms with Crippen molar-refractivity contribution in [3.63, 3.8) is 0 Å². The van der Waals surface area contributed by atoms with Crippen LogP contribution in [-0.2, 0) is 4.79 Å². The standard InChI is InChI=1S/C15H23N5O2S/c21-13(18-14-19-16-10-23-14)11-5-4-8-20(9-11)15(22)17-12-6-2-1-3-7-12/h10-12H,1-9H2,(H,17,22)(H,18,19,21)/t11-/m1/s1. The number of urea groups is 1. The second kappa shape index (κ2) is 7.72. The van der Waals surface area contributed by atoms with E-state index in [1.807, 2.05) is 0 Å². The van der Waals surface area contributed by atoms with Crippen LogP contribution in [0.4, 0.5) is 9.93 Å². The number of amides is 3. The maximum Gasteiger partial charge on any atom is 0.317 e. The molecule has 0 aromatic carbocycles. The molecule has 3 rings (SSSR count). The molecular formula is C15H23N5O2S. The van der Waals surface area contributed by atoms with E-state index in [1.165, 1.54) is 30.6 Å². The van der Waals surface area contributed by atoms with Gasteiger partial charge in [-0.15, -0.1) is 10.2 Å². The Labute approximate surface area is 139 Å². The Bertz CT molecular complexity index is 530. The SMILES string of the molecule is O=C(Nc1nncs1)[C@@H]1CCCN(C(=O)NC2CCCCC2)C1. The molecule has 7 nitrogen and oxygen atoms in total. The van der Waals surface area contributed by atoms with E-state index >= 15 is 0 Å². The molecule has 0 unspecified atom stereocenters. The Morgan fingerprint density at radius 1 is 1.17 bits per heavy atom. The smallest absolute Gasteiger partial charge is 0.317 e. The predicted octanol–water partition coefficient (Wildman–Crippen LogP) is 2.23. The quantitative estimate of drug-likeness (QED) is 0.885. The van der Waals surface area contributed by atoms with E-state index in [1.54, 1.807) is 10.4 Å². The van der Waals surface area contributed by atoms with Crippen LogP contribution >= 0.6 is 11.3 Å². The third kappa shape index (κ3) is 4.40. The van der Waals surface area contributed by atoms with Gasteiger partial charge in [-0.2, -0.15) is 0 Å². The van der Waals surface area contributed by atoms with Crippen LogP contribution in [0.25, 0.3) is 0 Å². The predicted molar refractivity (Wildman–Crippen MR) is 88.2 cm³/mol. The van der Waals surface area contributed by atoms with Crippen molar-refractivity contribution in [3.05, 3.63) is 5.51 Å². The molecule has 1 aromatic rings. The molecule has 0 bridgehead atoms. The third-order valence-electron chi connectivity index (χ3n) is 4.60. The van der Waals surface area contributed by atoms with Crippen LogP contribution in [0.2, 0.25) is 0 Å². The molecule has 1 saturated heterocycles. The van der Waals surface area contributed by atoms with Gasteiger partial charge in [0.15, 0.2) is 0 Å². The van der Waals surface area contributed by atoms with Crippen molar-refractivity contribution in [2.24, 2.45) is 5.92 Å². The zero-order chi connectivity index (χ0) is 16.1. The Kier molecular flexibility index (Phi) is 5.43. The maximum absolute atomic E-state index is 12.4. The molecule has 2 heterocycles. The fourth-order valence-electron chi connectivity index (χ4n) is 3.32. The van der Waals surface area contributed by atoms with Crippen molar-refractivity contribution >= 4 is 28.4 Å². The minimum atomic E-state index is -0.176. The van der Waals surface area contributed by atoms with E-state index in [2.05, 4.69) is 20.8 Å². The lowest BCUT2D eigenvalue weighted by Crippen LogP contribution is -2.50. The second-order valence-corrected chi connectivity index (χ2v) is 7.14. The van der Waals surface area contributed by atoms with E-state index in [0.29, 0.717) is 17.7 Å². The number of carbonyl (C=O) groups excluding carboxylic acids is 2. The number of aromatic nitrogens is 2. The molecule has 3 amide bonds. The summed E-state index contributed by atoms with van der Waals surface area (Å²) in [7, 11) is 0. The molecule has 2 N–H and O–H groups in total. The highest BCUT2D eigenvalue weighted by molar-refractivity contribution is 7.13. The molecule has 0 radical (unpaired) electrons. The molecular weight excluding hydrogens is 314 g/mol. The van der Waals surface area contributed by atoms with Crippen molar-refractivity contribution in [3.8, 4) is 0 Å². The lowest BCUT2D eigenvalue weighted by Gasteiger charge is -2.33. The van der Waals surface area contributed by atoms with E-state index in [4.69, 9.17) is 0 Å². The monoisotopic (exact) mass is 337 g/mol. The molecule has 0 spiro atoms. The topological polar surface area (TPSA) is 87.2 Å². The highest BCUT2D eigenvalue weighted by Gasteiger charge is 2.29. The first kappa shape index (κ1) is 16.2. The van der Waals surface area contributed by atoms with Crippen LogP contribution in [0.3, 0.4) is 0 Å². The second-order valence-electron chi connectivity index (χ2n) is 6.30. The van der Waals surface area contributed by atoms with Crippen molar-refractivity contribution < 1.29 is 9.59 Å². The van der Waals surface area contributed by atoms with E-state index < -0.39 is 0 Å². The van der Waals surface area contributed by atoms with Gasteiger partial charge < -0.3 is 15.5 Å². The van der Waals surface area contributed by atoms with Crippen LogP contribution < -0.4 is 10.6 Å². The normalized spacial score (nSPS) is 22.6. The first-order chi connectivity index (χ1) is 11.2. The Morgan fingerprint density at radius 3 is 2.74 bits per heavy atom. The zero-order valence-electron chi connectivity index (χ0n) is 13.2. The lowest BCUT2D eigenvalue weighted by atomic mass is 9.95. The largest absolute Gasteiger partial charge is 0.335 e. The number of nitrogens with zero attached hydrogens (tertiary/aromatic N) is 3. The van der Waals surface area contributed by atoms with Gasteiger partial charge in [-0.05, 0) is 25.7 Å². The van der Waals surface area contributed by atoms with Crippen LogP contribution in [0.15, 0.2) is 5.51 Å². The average molecular weight is 337 g/mol. The summed E-state index contributed by atoms with van der Waals surface area (Å²) in [4.78, 5) is 26.5. The summed E-state index contributed by atoms with van der Waals surface area (Å²) in [6, 6.07) is 0.275. The number of rotatable bonds is 3. The molecule has 1 aliphatic heterocycles. The molecule has 23 heavy (non-hydrogen) atoms. The van der Waals surface area contributed by atoms with Crippen LogP contribution in [-0.4, -0.2) is 46.2 Å². The minimum Gasteiger partial charge on any atom is -0.335 e. The lowest BCUT2D eigenvalue weighted by molar-refractivity contribution is -0.121. The summed E-state index contributed by atoms with van der Waals surface area (Å²) in [6.45, 7) is 1.20. The number of nitrogens with one attached hydrogen (secondary N) is 2. The Hall–Kier alpha value is -1.70. The Balaban J connectivity index is 1.50. The van der Waals surface area contributed by atoms with Gasteiger partial charge in [0.1, 0.15) is 5.51 Å². The number of carbonyl (C=O) groups is 2. The van der Waals surface area contributed by atoms with E-state index in [9.17, 15) is 9.59 Å². The van der Waals surface area contributed by atoms with Gasteiger partial charge in [-0.1, -0.05) is 30.6 Å². The molecule has 1 aliphatic carbocycles. The van der Waals surface area contributed by atoms with Gasteiger partial charge >= 0.3 is 6.03 Å². The summed E-state index contributed by atoms with van der Waals surface area (Å²) in [5.74, 6) is -0.248. The zero-order valence-corrected chi connectivity index (χ0v) is 14.0. The summed E-state index contributed by atoms with van der Waals surface area (Å²) >= 11 is 1.30. The maximum atomic E-state index is 12.4. The highest BCUT2D eigenvalue weighted by Crippen LogP contribution is 2.21. The minimum absolute atomic E-state index is 0.0229. The van der Waals surface area contributed by atoms with Crippen LogP contribution in [0, 0.1) is 5.92 Å². The molecule has 2 fully saturated rings. The van der Waals surface area contributed by atoms with Crippen molar-refractivity contribution in [2.45, 2.75) is 51.0 Å². The van der Waals surface area contributed by atoms with Gasteiger partial charge in [0, 0.05) is 19.1 Å². The molecule has 126 valence electrons. The summed E-state index contributed by atoms with van der Waals surface area (Å²) in [5, 5.41) is 14.0. The average Bonchev–Trinajstić information content (AvgIpc) is 3.09. The van der Waals surface area contributed by atoms with E-state index in [0.717, 1.165) is 32.2 Å². The van der Waals surface area contributed by atoms with Crippen molar-refractivity contribution in [2.75, 3.05) is 18.4 Å². The highest BCUT2D eigenvalue weighted by atomic mass is 32.1.